The molecule has 1 heterocycles. The van der Waals surface area contributed by atoms with Gasteiger partial charge < -0.3 is 19.9 Å². The quantitative estimate of drug-likeness (QED) is 0.387. The van der Waals surface area contributed by atoms with E-state index in [1.807, 2.05) is 11.9 Å². The van der Waals surface area contributed by atoms with Crippen LogP contribution >= 0.6 is 24.0 Å². The fourth-order valence-corrected chi connectivity index (χ4v) is 2.54. The molecule has 0 aromatic heterocycles. The van der Waals surface area contributed by atoms with Gasteiger partial charge in [0.15, 0.2) is 5.96 Å². The first kappa shape index (κ1) is 22.6. The largest absolute Gasteiger partial charge is 0.376 e. The summed E-state index contributed by atoms with van der Waals surface area (Å²) in [6.45, 7) is 2.09. The zero-order chi connectivity index (χ0) is 18.2. The van der Waals surface area contributed by atoms with Crippen LogP contribution < -0.4 is 5.32 Å². The third kappa shape index (κ3) is 7.45. The van der Waals surface area contributed by atoms with Crippen LogP contribution in [0.5, 0.6) is 0 Å². The van der Waals surface area contributed by atoms with E-state index in [2.05, 4.69) is 10.3 Å². The Kier molecular flexibility index (Phi) is 9.85. The topological polar surface area (TPSA) is 57.2 Å². The predicted octanol–water partition coefficient (Wildman–Crippen LogP) is 2.09. The molecule has 1 atom stereocenters. The summed E-state index contributed by atoms with van der Waals surface area (Å²) in [5, 5.41) is 3.29. The molecular formula is C18H28FIN4O2. The lowest BCUT2D eigenvalue weighted by Crippen LogP contribution is -2.42. The minimum absolute atomic E-state index is 0. The molecule has 0 radical (unpaired) electrons. The molecule has 0 bridgehead atoms. The maximum atomic E-state index is 13.1. The van der Waals surface area contributed by atoms with Crippen molar-refractivity contribution >= 4 is 35.8 Å². The summed E-state index contributed by atoms with van der Waals surface area (Å²) in [6.07, 6.45) is 2.27. The molecule has 1 saturated heterocycles. The van der Waals surface area contributed by atoms with Gasteiger partial charge in [0.05, 0.1) is 6.10 Å². The number of halogens is 2. The number of carbonyl (C=O) groups excluding carboxylic acids is 1. The summed E-state index contributed by atoms with van der Waals surface area (Å²) >= 11 is 0. The van der Waals surface area contributed by atoms with E-state index in [-0.39, 0.29) is 48.3 Å². The fraction of sp³-hybridized carbons (Fsp3) is 0.556. The summed E-state index contributed by atoms with van der Waals surface area (Å²) in [7, 11) is 5.31. The number of ether oxygens (including phenoxy) is 1. The number of amides is 1. The van der Waals surface area contributed by atoms with Crippen LogP contribution in [0.25, 0.3) is 0 Å². The van der Waals surface area contributed by atoms with Gasteiger partial charge in [-0.3, -0.25) is 4.79 Å². The van der Waals surface area contributed by atoms with Crippen molar-refractivity contribution in [3.8, 4) is 0 Å². The van der Waals surface area contributed by atoms with E-state index in [1.54, 1.807) is 26.2 Å². The molecule has 1 aliphatic heterocycles. The number of guanidine groups is 1. The maximum absolute atomic E-state index is 13.1. The first-order chi connectivity index (χ1) is 12.0. The van der Waals surface area contributed by atoms with Gasteiger partial charge in [-0.05, 0) is 30.5 Å². The minimum atomic E-state index is -0.256. The first-order valence-electron chi connectivity index (χ1n) is 8.51. The van der Waals surface area contributed by atoms with Crippen molar-refractivity contribution in [3.63, 3.8) is 0 Å². The first-order valence-corrected chi connectivity index (χ1v) is 8.51. The molecule has 0 spiro atoms. The van der Waals surface area contributed by atoms with Gasteiger partial charge in [-0.25, -0.2) is 9.38 Å². The molecule has 1 N–H and O–H groups in total. The molecule has 8 heteroatoms. The Labute approximate surface area is 171 Å². The van der Waals surface area contributed by atoms with E-state index in [1.165, 1.54) is 17.0 Å². The second kappa shape index (κ2) is 11.3. The number of likely N-dealkylation sites (N-methyl/N-ethyl adjacent to an activating group) is 1. The SMILES string of the molecule is CN(C)C(=O)CN=C(NCC1CCCO1)N(C)Cc1ccc(F)cc1.I. The van der Waals surface area contributed by atoms with E-state index in [0.717, 1.165) is 25.0 Å². The average molecular weight is 478 g/mol. The van der Waals surface area contributed by atoms with Crippen molar-refractivity contribution in [2.24, 2.45) is 4.99 Å². The normalized spacial score (nSPS) is 16.8. The second-order valence-corrected chi connectivity index (χ2v) is 6.43. The van der Waals surface area contributed by atoms with E-state index < -0.39 is 0 Å². The highest BCUT2D eigenvalue weighted by atomic mass is 127. The van der Waals surface area contributed by atoms with Gasteiger partial charge in [-0.15, -0.1) is 24.0 Å². The van der Waals surface area contributed by atoms with Gasteiger partial charge in [-0.2, -0.15) is 0 Å². The number of aliphatic imine (C=N–C) groups is 1. The van der Waals surface area contributed by atoms with E-state index >= 15 is 0 Å². The molecule has 146 valence electrons. The van der Waals surface area contributed by atoms with Gasteiger partial charge in [0.1, 0.15) is 12.4 Å². The van der Waals surface area contributed by atoms with Gasteiger partial charge in [0.25, 0.3) is 0 Å². The van der Waals surface area contributed by atoms with Crippen LogP contribution in [0.3, 0.4) is 0 Å². The van der Waals surface area contributed by atoms with Crippen LogP contribution in [-0.2, 0) is 16.1 Å². The van der Waals surface area contributed by atoms with Crippen LogP contribution in [0.1, 0.15) is 18.4 Å². The van der Waals surface area contributed by atoms with Crippen molar-refractivity contribution < 1.29 is 13.9 Å². The lowest BCUT2D eigenvalue weighted by molar-refractivity contribution is -0.127. The summed E-state index contributed by atoms with van der Waals surface area (Å²) in [5.41, 5.74) is 0.967. The Morgan fingerprint density at radius 3 is 2.58 bits per heavy atom. The van der Waals surface area contributed by atoms with Crippen LogP contribution in [0.2, 0.25) is 0 Å². The second-order valence-electron chi connectivity index (χ2n) is 6.43. The van der Waals surface area contributed by atoms with E-state index in [4.69, 9.17) is 4.74 Å². The van der Waals surface area contributed by atoms with E-state index in [0.29, 0.717) is 19.0 Å². The lowest BCUT2D eigenvalue weighted by atomic mass is 10.2. The smallest absolute Gasteiger partial charge is 0.243 e. The van der Waals surface area contributed by atoms with Crippen LogP contribution in [0.4, 0.5) is 4.39 Å². The number of hydrogen-bond acceptors (Lipinski definition) is 3. The Morgan fingerprint density at radius 1 is 1.31 bits per heavy atom. The van der Waals surface area contributed by atoms with E-state index in [9.17, 15) is 9.18 Å². The molecule has 1 aromatic rings. The highest BCUT2D eigenvalue weighted by Gasteiger charge is 2.17. The van der Waals surface area contributed by atoms with Gasteiger partial charge in [-0.1, -0.05) is 12.1 Å². The number of nitrogens with zero attached hydrogens (tertiary/aromatic N) is 3. The predicted molar refractivity (Wildman–Crippen MR) is 111 cm³/mol. The number of benzene rings is 1. The molecule has 0 aliphatic carbocycles. The van der Waals surface area contributed by atoms with Crippen LogP contribution in [0.15, 0.2) is 29.3 Å². The monoisotopic (exact) mass is 478 g/mol. The third-order valence-corrected chi connectivity index (χ3v) is 4.07. The zero-order valence-electron chi connectivity index (χ0n) is 15.6. The Hall–Kier alpha value is -1.42. The molecule has 1 aromatic carbocycles. The summed E-state index contributed by atoms with van der Waals surface area (Å²) in [5.74, 6) is 0.315. The molecule has 1 aliphatic rings. The Bertz CT molecular complexity index is 589. The maximum Gasteiger partial charge on any atom is 0.243 e. The van der Waals surface area contributed by atoms with Crippen molar-refractivity contribution in [2.75, 3.05) is 40.8 Å². The molecule has 1 unspecified atom stereocenters. The third-order valence-electron chi connectivity index (χ3n) is 4.07. The number of carbonyl (C=O) groups is 1. The molecule has 0 saturated carbocycles. The van der Waals surface area contributed by atoms with Crippen LogP contribution in [-0.4, -0.2) is 68.6 Å². The number of hydrogen-bond donors (Lipinski definition) is 1. The summed E-state index contributed by atoms with van der Waals surface area (Å²) in [6, 6.07) is 6.37. The summed E-state index contributed by atoms with van der Waals surface area (Å²) in [4.78, 5) is 19.7. The highest BCUT2D eigenvalue weighted by Crippen LogP contribution is 2.11. The molecule has 6 nitrogen and oxygen atoms in total. The van der Waals surface area contributed by atoms with Gasteiger partial charge >= 0.3 is 0 Å². The number of nitrogens with one attached hydrogen (secondary N) is 1. The molecule has 26 heavy (non-hydrogen) atoms. The highest BCUT2D eigenvalue weighted by molar-refractivity contribution is 14.0. The lowest BCUT2D eigenvalue weighted by Gasteiger charge is -2.24. The standard InChI is InChI=1S/C18H27FN4O2.HI/c1-22(2)17(24)12-21-18(20-11-16-5-4-10-25-16)23(3)13-14-6-8-15(19)9-7-14;/h6-9,16H,4-5,10-13H2,1-3H3,(H,20,21);1H. The Balaban J connectivity index is 0.00000338. The van der Waals surface area contributed by atoms with Crippen molar-refractivity contribution in [2.45, 2.75) is 25.5 Å². The zero-order valence-corrected chi connectivity index (χ0v) is 17.9. The minimum Gasteiger partial charge on any atom is -0.376 e. The van der Waals surface area contributed by atoms with Crippen LogP contribution in [0, 0.1) is 5.82 Å². The number of rotatable bonds is 6. The van der Waals surface area contributed by atoms with Crippen molar-refractivity contribution in [3.05, 3.63) is 35.6 Å². The fourth-order valence-electron chi connectivity index (χ4n) is 2.54. The average Bonchev–Trinajstić information content (AvgIpc) is 3.10. The van der Waals surface area contributed by atoms with Crippen molar-refractivity contribution in [1.29, 1.82) is 0 Å². The van der Waals surface area contributed by atoms with Gasteiger partial charge in [0, 0.05) is 40.8 Å². The molecule has 2 rings (SSSR count). The Morgan fingerprint density at radius 2 is 2.00 bits per heavy atom. The molecule has 1 fully saturated rings. The van der Waals surface area contributed by atoms with Gasteiger partial charge in [0.2, 0.25) is 5.91 Å². The van der Waals surface area contributed by atoms with Crippen molar-refractivity contribution in [1.82, 2.24) is 15.1 Å². The summed E-state index contributed by atoms with van der Waals surface area (Å²) < 4.78 is 18.7. The molecule has 1 amide bonds. The molecular weight excluding hydrogens is 450 g/mol.